The lowest BCUT2D eigenvalue weighted by molar-refractivity contribution is -0.0564. The summed E-state index contributed by atoms with van der Waals surface area (Å²) in [5, 5.41) is 24.2. The number of alkyl halides is 2. The Bertz CT molecular complexity index is 1880. The van der Waals surface area contributed by atoms with Gasteiger partial charge in [0.2, 0.25) is 5.88 Å². The Labute approximate surface area is 289 Å². The minimum Gasteiger partial charge on any atom is -0.473 e. The fourth-order valence-corrected chi connectivity index (χ4v) is 8.88. The van der Waals surface area contributed by atoms with Crippen LogP contribution in [0, 0.1) is 0 Å². The second kappa shape index (κ2) is 13.1. The number of aliphatic hydroxyl groups excluding tert-OH is 2. The first-order chi connectivity index (χ1) is 23.9. The molecule has 3 saturated heterocycles. The molecule has 9 rings (SSSR count). The molecule has 4 aromatic heterocycles. The average molecular weight is 782 g/mol. The number of hydrogen-bond donors (Lipinski definition) is 5. The Morgan fingerprint density at radius 1 is 0.840 bits per heavy atom. The molecule has 0 aliphatic carbocycles. The summed E-state index contributed by atoms with van der Waals surface area (Å²) in [4.78, 5) is 36.1. The Kier molecular flexibility index (Phi) is 9.06. The standard InChI is InChI=1S/C24H27F2N9O11P2S2/c25-13-17-11-3-41-48(39,50)46-18-12(4-42-47(38,49)45-17)44-24(14(18)26)35-8-33-16-21(35)30-6-31-22(16)40-2-10(37)9(36)1-27-19-15-20(29-5-28-19)34(7-32-15)23(13)43-11/h5-14,17-18,23-24,36-37H,1-4H2,(H,38,49)(H,39,50)(H,27,28,29)/t9-,10-,11?,12?,13+,14+,17+,18+,23?,24?,47?,48?/m0/s1. The summed E-state index contributed by atoms with van der Waals surface area (Å²) in [5.74, 6) is 0.0321. The van der Waals surface area contributed by atoms with E-state index in [1.165, 1.54) is 21.8 Å². The van der Waals surface area contributed by atoms with Gasteiger partial charge < -0.3 is 39.2 Å². The zero-order valence-electron chi connectivity index (χ0n) is 25.1. The van der Waals surface area contributed by atoms with Crippen LogP contribution in [0.3, 0.4) is 0 Å². The van der Waals surface area contributed by atoms with E-state index < -0.39 is 94.8 Å². The second-order valence-corrected chi connectivity index (χ2v) is 17.2. The summed E-state index contributed by atoms with van der Waals surface area (Å²) in [6.45, 7) is -10.7. The van der Waals surface area contributed by atoms with Crippen LogP contribution in [0.25, 0.3) is 22.3 Å². The summed E-state index contributed by atoms with van der Waals surface area (Å²) in [6.07, 6.45) is -11.4. The highest BCUT2D eigenvalue weighted by Gasteiger charge is 2.54. The zero-order chi connectivity index (χ0) is 34.9. The topological polar surface area (TPSA) is 242 Å². The van der Waals surface area contributed by atoms with Crippen LogP contribution in [-0.2, 0) is 43.9 Å². The maximum Gasteiger partial charge on any atom is 0.386 e. The van der Waals surface area contributed by atoms with Gasteiger partial charge in [-0.2, -0.15) is 4.98 Å². The van der Waals surface area contributed by atoms with E-state index >= 15 is 8.78 Å². The Morgan fingerprint density at radius 3 is 2.14 bits per heavy atom. The molecule has 12 atom stereocenters. The van der Waals surface area contributed by atoms with Crippen molar-refractivity contribution >= 4 is 65.7 Å². The van der Waals surface area contributed by atoms with Gasteiger partial charge in [0.25, 0.3) is 0 Å². The third-order valence-electron chi connectivity index (χ3n) is 8.39. The maximum absolute atomic E-state index is 16.3. The van der Waals surface area contributed by atoms with Crippen LogP contribution in [0.1, 0.15) is 12.5 Å². The summed E-state index contributed by atoms with van der Waals surface area (Å²) in [5.41, 5.74) is 0.318. The molecule has 9 heterocycles. The van der Waals surface area contributed by atoms with Crippen molar-refractivity contribution in [2.45, 2.75) is 61.4 Å². The summed E-state index contributed by atoms with van der Waals surface area (Å²) in [7, 11) is 0. The van der Waals surface area contributed by atoms with Gasteiger partial charge in [0.15, 0.2) is 52.9 Å². The molecule has 50 heavy (non-hydrogen) atoms. The third kappa shape index (κ3) is 6.29. The number of imidazole rings is 2. The van der Waals surface area contributed by atoms with Gasteiger partial charge in [-0.15, -0.1) is 0 Å². The van der Waals surface area contributed by atoms with Crippen molar-refractivity contribution < 1.29 is 60.8 Å². The normalized spacial score (nSPS) is 39.6. The van der Waals surface area contributed by atoms with E-state index in [1.807, 2.05) is 0 Å². The van der Waals surface area contributed by atoms with E-state index in [0.717, 1.165) is 12.7 Å². The monoisotopic (exact) mass is 781 g/mol. The number of nitrogens with zero attached hydrogens (tertiary/aromatic N) is 8. The molecule has 270 valence electrons. The van der Waals surface area contributed by atoms with Gasteiger partial charge >= 0.3 is 13.5 Å². The summed E-state index contributed by atoms with van der Waals surface area (Å²) in [6, 6.07) is 0. The molecule has 4 N–H and O–H groups in total. The largest absolute Gasteiger partial charge is 0.473 e. The fourth-order valence-electron chi connectivity index (χ4n) is 5.96. The van der Waals surface area contributed by atoms with Crippen LogP contribution in [0.15, 0.2) is 25.3 Å². The molecule has 6 unspecified atom stereocenters. The predicted molar refractivity (Wildman–Crippen MR) is 169 cm³/mol. The average Bonchev–Trinajstić information content (AvgIpc) is 3.85. The van der Waals surface area contributed by atoms with Crippen molar-refractivity contribution in [2.75, 3.05) is 31.7 Å². The van der Waals surface area contributed by atoms with Gasteiger partial charge in [-0.1, -0.05) is 12.2 Å². The molecule has 0 spiro atoms. The van der Waals surface area contributed by atoms with Crippen LogP contribution >= 0.6 is 25.8 Å². The van der Waals surface area contributed by atoms with Gasteiger partial charge in [-0.05, 0) is 11.8 Å². The minimum atomic E-state index is -4.43. The van der Waals surface area contributed by atoms with Crippen LogP contribution < -0.4 is 10.1 Å². The number of thiol groups is 1. The van der Waals surface area contributed by atoms with Crippen molar-refractivity contribution in [3.05, 3.63) is 25.3 Å². The molecule has 0 aromatic carbocycles. The highest BCUT2D eigenvalue weighted by molar-refractivity contribution is 8.44. The molecule has 0 amide bonds. The van der Waals surface area contributed by atoms with Crippen molar-refractivity contribution in [1.82, 2.24) is 39.0 Å². The number of ether oxygens (including phenoxy) is 3. The highest BCUT2D eigenvalue weighted by atomic mass is 32.7. The molecule has 5 aliphatic heterocycles. The van der Waals surface area contributed by atoms with Crippen molar-refractivity contribution in [1.29, 1.82) is 0 Å². The fraction of sp³-hybridized carbons (Fsp3) is 0.583. The number of anilines is 1. The van der Waals surface area contributed by atoms with E-state index in [9.17, 15) is 19.7 Å². The first kappa shape index (κ1) is 34.5. The molecular formula is C24H27F2N9O11P2S2. The Morgan fingerprint density at radius 2 is 1.44 bits per heavy atom. The number of hydrogen-bond acceptors (Lipinski definition) is 18. The molecule has 0 radical (unpaired) electrons. The lowest BCUT2D eigenvalue weighted by Crippen LogP contribution is -2.37. The summed E-state index contributed by atoms with van der Waals surface area (Å²) >= 11 is 9.23. The second-order valence-electron chi connectivity index (χ2n) is 11.6. The minimum absolute atomic E-state index is 0.0358. The van der Waals surface area contributed by atoms with Gasteiger partial charge in [0.1, 0.15) is 55.9 Å². The molecule has 14 bridgehead atoms. The Hall–Kier alpha value is -2.57. The van der Waals surface area contributed by atoms with E-state index in [-0.39, 0.29) is 40.6 Å². The summed E-state index contributed by atoms with van der Waals surface area (Å²) < 4.78 is 88.1. The van der Waals surface area contributed by atoms with Gasteiger partial charge in [-0.25, -0.2) is 38.3 Å². The lowest BCUT2D eigenvalue weighted by atomic mass is 10.1. The van der Waals surface area contributed by atoms with Gasteiger partial charge in [0.05, 0.1) is 25.9 Å². The third-order valence-corrected chi connectivity index (χ3v) is 11.6. The lowest BCUT2D eigenvalue weighted by Gasteiger charge is -2.29. The molecule has 4 aromatic rings. The van der Waals surface area contributed by atoms with Crippen LogP contribution in [0.4, 0.5) is 14.6 Å². The van der Waals surface area contributed by atoms with Crippen LogP contribution in [0.5, 0.6) is 5.88 Å². The molecular weight excluding hydrogens is 754 g/mol. The number of rotatable bonds is 0. The van der Waals surface area contributed by atoms with Crippen molar-refractivity contribution in [2.24, 2.45) is 0 Å². The van der Waals surface area contributed by atoms with Gasteiger partial charge in [-0.3, -0.25) is 22.7 Å². The highest BCUT2D eigenvalue weighted by Crippen LogP contribution is 2.58. The van der Waals surface area contributed by atoms with E-state index in [1.54, 1.807) is 0 Å². The predicted octanol–water partition coefficient (Wildman–Crippen LogP) is 0.735. The SMILES string of the molecule is O=P1(S)OCC2OC3[C@H](F)[C@@H]2OP(O)(=S)OCC2OC([C@H](F)[C@@H]2O1)n1cnc2c(ncnc21)OC[C@H](O)[C@@H](O)CNc1ncnc2c1ncn23. The van der Waals surface area contributed by atoms with Crippen molar-refractivity contribution in [3.8, 4) is 5.88 Å². The molecule has 3 fully saturated rings. The van der Waals surface area contributed by atoms with Gasteiger partial charge in [0, 0.05) is 6.54 Å². The van der Waals surface area contributed by atoms with Crippen LogP contribution in [-0.4, -0.2) is 129 Å². The zero-order valence-corrected chi connectivity index (χ0v) is 28.6. The molecule has 0 saturated carbocycles. The number of fused-ring (bicyclic) bond motifs is 11. The number of halogens is 2. The van der Waals surface area contributed by atoms with Crippen LogP contribution in [0.2, 0.25) is 0 Å². The molecule has 20 nitrogen and oxygen atoms in total. The maximum atomic E-state index is 16.3. The molecule has 26 heteroatoms. The van der Waals surface area contributed by atoms with E-state index in [2.05, 4.69) is 47.5 Å². The van der Waals surface area contributed by atoms with E-state index in [0.29, 0.717) is 0 Å². The number of nitrogens with one attached hydrogen (secondary N) is 1. The van der Waals surface area contributed by atoms with Crippen molar-refractivity contribution in [3.63, 3.8) is 0 Å². The van der Waals surface area contributed by atoms with E-state index in [4.69, 9.17) is 44.1 Å². The quantitative estimate of drug-likeness (QED) is 0.122. The molecule has 5 aliphatic rings. The number of aliphatic hydroxyl groups is 2. The number of aromatic nitrogens is 8. The first-order valence-electron chi connectivity index (χ1n) is 14.9. The first-order valence-corrected chi connectivity index (χ1v) is 20.2. The Balaban J connectivity index is 1.21. The smallest absolute Gasteiger partial charge is 0.386 e.